The zero-order chi connectivity index (χ0) is 14.8. The molecule has 0 aliphatic carbocycles. The predicted molar refractivity (Wildman–Crippen MR) is 82.9 cm³/mol. The smallest absolute Gasteiger partial charge is 0.337 e. The molecule has 0 spiro atoms. The van der Waals surface area contributed by atoms with E-state index < -0.39 is 5.97 Å². The molecule has 0 amide bonds. The topological polar surface area (TPSA) is 75.1 Å². The van der Waals surface area contributed by atoms with E-state index in [1.807, 2.05) is 30.5 Å². The van der Waals surface area contributed by atoms with Gasteiger partial charge in [-0.05, 0) is 6.92 Å². The number of carboxylic acids is 1. The van der Waals surface area contributed by atoms with Crippen LogP contribution in [0.2, 0.25) is 0 Å². The lowest BCUT2D eigenvalue weighted by molar-refractivity contribution is 0.0698. The molecular weight excluding hydrogens is 286 g/mol. The van der Waals surface area contributed by atoms with E-state index in [1.54, 1.807) is 23.6 Å². The number of aromatic carboxylic acids is 1. The summed E-state index contributed by atoms with van der Waals surface area (Å²) in [5.74, 6) is -0.309. The minimum Gasteiger partial charge on any atom is -0.478 e. The van der Waals surface area contributed by atoms with Crippen molar-refractivity contribution in [1.29, 1.82) is 0 Å². The van der Waals surface area contributed by atoms with E-state index in [2.05, 4.69) is 15.3 Å². The predicted octanol–water partition coefficient (Wildman–Crippen LogP) is 3.56. The summed E-state index contributed by atoms with van der Waals surface area (Å²) in [7, 11) is 0. The molecule has 3 rings (SSSR count). The molecular formula is C15H13N3O2S. The van der Waals surface area contributed by atoms with Gasteiger partial charge < -0.3 is 10.4 Å². The molecule has 1 aromatic carbocycles. The normalized spacial score (nSPS) is 12.2. The van der Waals surface area contributed by atoms with Crippen molar-refractivity contribution in [3.05, 3.63) is 52.6 Å². The van der Waals surface area contributed by atoms with Crippen LogP contribution in [0.4, 0.5) is 5.82 Å². The summed E-state index contributed by atoms with van der Waals surface area (Å²) in [6.45, 7) is 2.00. The van der Waals surface area contributed by atoms with Crippen LogP contribution in [0.25, 0.3) is 10.8 Å². The summed E-state index contributed by atoms with van der Waals surface area (Å²) in [5.41, 5.74) is 0.207. The number of thiazole rings is 1. The van der Waals surface area contributed by atoms with Gasteiger partial charge in [0.15, 0.2) is 0 Å². The first-order valence-electron chi connectivity index (χ1n) is 6.44. The molecule has 0 aliphatic heterocycles. The van der Waals surface area contributed by atoms with Gasteiger partial charge in [-0.25, -0.2) is 14.8 Å². The van der Waals surface area contributed by atoms with Gasteiger partial charge in [-0.15, -0.1) is 11.3 Å². The Bertz CT molecular complexity index is 787. The molecule has 21 heavy (non-hydrogen) atoms. The second-order valence-electron chi connectivity index (χ2n) is 4.61. The first kappa shape index (κ1) is 13.5. The summed E-state index contributed by atoms with van der Waals surface area (Å²) < 4.78 is 0. The molecule has 0 bridgehead atoms. The molecule has 0 aliphatic rings. The van der Waals surface area contributed by atoms with Crippen LogP contribution < -0.4 is 5.32 Å². The van der Waals surface area contributed by atoms with Crippen LogP contribution in [0.1, 0.15) is 28.3 Å². The van der Waals surface area contributed by atoms with Crippen molar-refractivity contribution in [2.45, 2.75) is 13.0 Å². The summed E-state index contributed by atoms with van der Waals surface area (Å²) in [5, 5.41) is 16.9. The molecule has 0 saturated heterocycles. The Morgan fingerprint density at radius 1 is 1.29 bits per heavy atom. The summed E-state index contributed by atoms with van der Waals surface area (Å²) in [6, 6.07) is 7.36. The molecule has 106 valence electrons. The SMILES string of the molecule is CC(Nc1ncc(C(=O)O)c2ccccc12)c1nccs1. The van der Waals surface area contributed by atoms with Crippen LogP contribution in [0, 0.1) is 0 Å². The van der Waals surface area contributed by atoms with E-state index in [0.29, 0.717) is 11.2 Å². The molecule has 6 heteroatoms. The van der Waals surface area contributed by atoms with E-state index in [-0.39, 0.29) is 11.6 Å². The Kier molecular flexibility index (Phi) is 3.53. The zero-order valence-electron chi connectivity index (χ0n) is 11.3. The van der Waals surface area contributed by atoms with Gasteiger partial charge in [0.25, 0.3) is 0 Å². The van der Waals surface area contributed by atoms with Crippen molar-refractivity contribution in [3.8, 4) is 0 Å². The van der Waals surface area contributed by atoms with Gasteiger partial charge in [-0.3, -0.25) is 0 Å². The third-order valence-corrected chi connectivity index (χ3v) is 4.16. The number of pyridine rings is 1. The van der Waals surface area contributed by atoms with Crippen LogP contribution in [0.5, 0.6) is 0 Å². The fourth-order valence-corrected chi connectivity index (χ4v) is 2.84. The van der Waals surface area contributed by atoms with Crippen molar-refractivity contribution in [2.24, 2.45) is 0 Å². The monoisotopic (exact) mass is 299 g/mol. The number of nitrogens with one attached hydrogen (secondary N) is 1. The quantitative estimate of drug-likeness (QED) is 0.770. The number of hydrogen-bond donors (Lipinski definition) is 2. The van der Waals surface area contributed by atoms with Gasteiger partial charge in [0, 0.05) is 28.5 Å². The molecule has 2 aromatic heterocycles. The summed E-state index contributed by atoms with van der Waals surface area (Å²) >= 11 is 1.57. The largest absolute Gasteiger partial charge is 0.478 e. The third-order valence-electron chi connectivity index (χ3n) is 3.20. The average molecular weight is 299 g/mol. The van der Waals surface area contributed by atoms with E-state index >= 15 is 0 Å². The highest BCUT2D eigenvalue weighted by Gasteiger charge is 2.15. The minimum absolute atomic E-state index is 0.0107. The highest BCUT2D eigenvalue weighted by Crippen LogP contribution is 2.27. The maximum Gasteiger partial charge on any atom is 0.337 e. The number of benzene rings is 1. The molecule has 3 aromatic rings. The standard InChI is InChI=1S/C15H13N3O2S/c1-9(14-16-6-7-21-14)18-13-11-5-3-2-4-10(11)12(8-17-13)15(19)20/h2-9H,1H3,(H,17,18)(H,19,20). The highest BCUT2D eigenvalue weighted by atomic mass is 32.1. The molecule has 5 nitrogen and oxygen atoms in total. The van der Waals surface area contributed by atoms with Crippen molar-refractivity contribution in [3.63, 3.8) is 0 Å². The van der Waals surface area contributed by atoms with Crippen LogP contribution >= 0.6 is 11.3 Å². The molecule has 2 heterocycles. The Labute approximate surface area is 125 Å². The first-order valence-corrected chi connectivity index (χ1v) is 7.31. The molecule has 0 saturated carbocycles. The fraction of sp³-hybridized carbons (Fsp3) is 0.133. The Morgan fingerprint density at radius 3 is 2.71 bits per heavy atom. The highest BCUT2D eigenvalue weighted by molar-refractivity contribution is 7.09. The number of carbonyl (C=O) groups is 1. The van der Waals surface area contributed by atoms with Gasteiger partial charge >= 0.3 is 5.97 Å². The first-order chi connectivity index (χ1) is 10.2. The van der Waals surface area contributed by atoms with Gasteiger partial charge in [0.1, 0.15) is 10.8 Å². The Morgan fingerprint density at radius 2 is 2.05 bits per heavy atom. The lowest BCUT2D eigenvalue weighted by Crippen LogP contribution is -2.09. The van der Waals surface area contributed by atoms with E-state index in [9.17, 15) is 9.90 Å². The number of nitrogens with zero attached hydrogens (tertiary/aromatic N) is 2. The van der Waals surface area contributed by atoms with Crippen LogP contribution in [0.15, 0.2) is 42.0 Å². The van der Waals surface area contributed by atoms with Crippen molar-refractivity contribution < 1.29 is 9.90 Å². The van der Waals surface area contributed by atoms with Crippen molar-refractivity contribution in [1.82, 2.24) is 9.97 Å². The maximum absolute atomic E-state index is 11.3. The molecule has 0 radical (unpaired) electrons. The fourth-order valence-electron chi connectivity index (χ4n) is 2.19. The molecule has 1 atom stereocenters. The average Bonchev–Trinajstić information content (AvgIpc) is 3.01. The molecule has 1 unspecified atom stereocenters. The number of aromatic nitrogens is 2. The van der Waals surface area contributed by atoms with Crippen molar-refractivity contribution in [2.75, 3.05) is 5.32 Å². The number of carboxylic acid groups (broad SMARTS) is 1. The second-order valence-corrected chi connectivity index (χ2v) is 5.53. The zero-order valence-corrected chi connectivity index (χ0v) is 12.1. The second kappa shape index (κ2) is 5.49. The molecule has 0 fully saturated rings. The Hall–Kier alpha value is -2.47. The van der Waals surface area contributed by atoms with Crippen molar-refractivity contribution >= 4 is 33.9 Å². The maximum atomic E-state index is 11.3. The van der Waals surface area contributed by atoms with Gasteiger partial charge in [-0.2, -0.15) is 0 Å². The Balaban J connectivity index is 2.04. The molecule has 2 N–H and O–H groups in total. The third kappa shape index (κ3) is 2.57. The van der Waals surface area contributed by atoms with Crippen LogP contribution in [-0.4, -0.2) is 21.0 Å². The number of hydrogen-bond acceptors (Lipinski definition) is 5. The lowest BCUT2D eigenvalue weighted by Gasteiger charge is -2.14. The number of rotatable bonds is 4. The van der Waals surface area contributed by atoms with Crippen LogP contribution in [0.3, 0.4) is 0 Å². The van der Waals surface area contributed by atoms with Crippen LogP contribution in [-0.2, 0) is 0 Å². The number of fused-ring (bicyclic) bond motifs is 1. The van der Waals surface area contributed by atoms with Gasteiger partial charge in [-0.1, -0.05) is 24.3 Å². The van der Waals surface area contributed by atoms with Gasteiger partial charge in [0.05, 0.1) is 11.6 Å². The number of anilines is 1. The van der Waals surface area contributed by atoms with E-state index in [4.69, 9.17) is 0 Å². The summed E-state index contributed by atoms with van der Waals surface area (Å²) in [6.07, 6.45) is 3.15. The summed E-state index contributed by atoms with van der Waals surface area (Å²) in [4.78, 5) is 19.8. The van der Waals surface area contributed by atoms with E-state index in [1.165, 1.54) is 6.20 Å². The van der Waals surface area contributed by atoms with Gasteiger partial charge in [0.2, 0.25) is 0 Å². The van der Waals surface area contributed by atoms with E-state index in [0.717, 1.165) is 10.4 Å². The lowest BCUT2D eigenvalue weighted by atomic mass is 10.1. The minimum atomic E-state index is -0.974.